The van der Waals surface area contributed by atoms with E-state index in [0.29, 0.717) is 23.4 Å². The van der Waals surface area contributed by atoms with Crippen molar-refractivity contribution in [1.29, 1.82) is 0 Å². The van der Waals surface area contributed by atoms with Crippen LogP contribution in [0.5, 0.6) is 0 Å². The lowest BCUT2D eigenvalue weighted by molar-refractivity contribution is 0.630. The van der Waals surface area contributed by atoms with Crippen LogP contribution < -0.4 is 4.90 Å². The number of H-pyrrole nitrogens is 1. The molecular weight excluding hydrogens is 319 g/mol. The van der Waals surface area contributed by atoms with Crippen molar-refractivity contribution in [1.82, 2.24) is 24.6 Å². The van der Waals surface area contributed by atoms with Gasteiger partial charge in [0.15, 0.2) is 5.65 Å². The molecule has 0 aliphatic rings. The highest BCUT2D eigenvalue weighted by Gasteiger charge is 2.14. The largest absolute Gasteiger partial charge is 0.352 e. The van der Waals surface area contributed by atoms with Gasteiger partial charge < -0.3 is 9.88 Å². The van der Waals surface area contributed by atoms with E-state index in [2.05, 4.69) is 20.1 Å². The number of fused-ring (bicyclic) bond motifs is 1. The van der Waals surface area contributed by atoms with E-state index in [0.717, 1.165) is 17.3 Å². The lowest BCUT2D eigenvalue weighted by atomic mass is 10.1. The van der Waals surface area contributed by atoms with Crippen molar-refractivity contribution in [3.05, 3.63) is 66.1 Å². The zero-order chi connectivity index (χ0) is 17.4. The number of anilines is 1. The Labute approximate surface area is 144 Å². The van der Waals surface area contributed by atoms with Gasteiger partial charge in [-0.25, -0.2) is 14.4 Å². The van der Waals surface area contributed by atoms with E-state index in [4.69, 9.17) is 0 Å². The minimum Gasteiger partial charge on any atom is -0.352 e. The highest BCUT2D eigenvalue weighted by atomic mass is 19.1. The van der Waals surface area contributed by atoms with Gasteiger partial charge in [-0.1, -0.05) is 12.1 Å². The van der Waals surface area contributed by atoms with Crippen LogP contribution in [0.2, 0.25) is 0 Å². The summed E-state index contributed by atoms with van der Waals surface area (Å²) < 4.78 is 15.9. The first-order valence-electron chi connectivity index (χ1n) is 7.93. The summed E-state index contributed by atoms with van der Waals surface area (Å²) in [5.41, 5.74) is 2.71. The number of halogens is 1. The predicted molar refractivity (Wildman–Crippen MR) is 93.8 cm³/mol. The number of aryl methyl sites for hydroxylation is 1. The second-order valence-electron chi connectivity index (χ2n) is 5.95. The zero-order valence-corrected chi connectivity index (χ0v) is 13.9. The summed E-state index contributed by atoms with van der Waals surface area (Å²) in [5, 5.41) is 4.33. The molecular formula is C18H17FN6. The van der Waals surface area contributed by atoms with Crippen LogP contribution in [0.25, 0.3) is 16.9 Å². The number of nitrogens with zero attached hydrogens (tertiary/aromatic N) is 5. The lowest BCUT2D eigenvalue weighted by Crippen LogP contribution is -2.21. The fourth-order valence-corrected chi connectivity index (χ4v) is 2.83. The summed E-state index contributed by atoms with van der Waals surface area (Å²) in [6.07, 6.45) is 3.48. The van der Waals surface area contributed by atoms with Gasteiger partial charge in [-0.3, -0.25) is 0 Å². The lowest BCUT2D eigenvalue weighted by Gasteiger charge is -2.19. The maximum atomic E-state index is 14.2. The van der Waals surface area contributed by atoms with Crippen LogP contribution in [0.15, 0.2) is 48.8 Å². The third-order valence-corrected chi connectivity index (χ3v) is 4.02. The van der Waals surface area contributed by atoms with Crippen molar-refractivity contribution < 1.29 is 4.39 Å². The minimum atomic E-state index is -0.297. The standard InChI is InChI=1S/C18H17FN6/c1-12-10-20-16(22-12)11-24(2)18-9-15(13-5-3-4-6-14(13)19)23-17-7-8-21-25(17)18/h3-10H,11H2,1-2H3,(H,20,22). The molecule has 3 heterocycles. The quantitative estimate of drug-likeness (QED) is 0.622. The van der Waals surface area contributed by atoms with Gasteiger partial charge in [-0.05, 0) is 19.1 Å². The molecule has 1 N–H and O–H groups in total. The minimum absolute atomic E-state index is 0.297. The topological polar surface area (TPSA) is 62.1 Å². The van der Waals surface area contributed by atoms with E-state index in [1.54, 1.807) is 41.2 Å². The van der Waals surface area contributed by atoms with Gasteiger partial charge >= 0.3 is 0 Å². The number of rotatable bonds is 4. The Bertz CT molecular complexity index is 1030. The van der Waals surface area contributed by atoms with E-state index < -0.39 is 0 Å². The highest BCUT2D eigenvalue weighted by molar-refractivity contribution is 5.67. The Morgan fingerprint density at radius 1 is 1.24 bits per heavy atom. The highest BCUT2D eigenvalue weighted by Crippen LogP contribution is 2.26. The summed E-state index contributed by atoms with van der Waals surface area (Å²) >= 11 is 0. The average molecular weight is 336 g/mol. The molecule has 0 aliphatic carbocycles. The number of hydrogen-bond acceptors (Lipinski definition) is 4. The molecule has 4 rings (SSSR count). The first-order valence-corrected chi connectivity index (χ1v) is 7.93. The summed E-state index contributed by atoms with van der Waals surface area (Å²) in [7, 11) is 1.94. The maximum Gasteiger partial charge on any atom is 0.157 e. The van der Waals surface area contributed by atoms with Gasteiger partial charge in [-0.15, -0.1) is 0 Å². The number of benzene rings is 1. The first-order chi connectivity index (χ1) is 12.1. The number of hydrogen-bond donors (Lipinski definition) is 1. The normalized spacial score (nSPS) is 11.2. The van der Waals surface area contributed by atoms with Gasteiger partial charge in [0.25, 0.3) is 0 Å². The zero-order valence-electron chi connectivity index (χ0n) is 13.9. The molecule has 3 aromatic heterocycles. The van der Waals surface area contributed by atoms with Crippen LogP contribution in [-0.2, 0) is 6.54 Å². The van der Waals surface area contributed by atoms with Crippen molar-refractivity contribution >= 4 is 11.5 Å². The molecule has 25 heavy (non-hydrogen) atoms. The SMILES string of the molecule is Cc1cnc(CN(C)c2cc(-c3ccccc3F)nc3ccnn23)[nH]1. The average Bonchev–Trinajstić information content (AvgIpc) is 3.23. The molecule has 0 radical (unpaired) electrons. The van der Waals surface area contributed by atoms with Crippen LogP contribution in [0, 0.1) is 12.7 Å². The van der Waals surface area contributed by atoms with Crippen molar-refractivity contribution in [2.75, 3.05) is 11.9 Å². The third-order valence-electron chi connectivity index (χ3n) is 4.02. The van der Waals surface area contributed by atoms with E-state index in [-0.39, 0.29) is 5.82 Å². The van der Waals surface area contributed by atoms with E-state index >= 15 is 0 Å². The molecule has 0 saturated carbocycles. The Kier molecular flexibility index (Phi) is 3.68. The molecule has 0 aliphatic heterocycles. The number of aromatic nitrogens is 5. The van der Waals surface area contributed by atoms with Crippen LogP contribution in [0.4, 0.5) is 10.2 Å². The Balaban J connectivity index is 1.79. The van der Waals surface area contributed by atoms with Gasteiger partial charge in [0, 0.05) is 36.6 Å². The summed E-state index contributed by atoms with van der Waals surface area (Å²) in [6.45, 7) is 2.54. The van der Waals surface area contributed by atoms with Crippen LogP contribution in [-0.4, -0.2) is 31.6 Å². The second-order valence-corrected chi connectivity index (χ2v) is 5.95. The number of aromatic amines is 1. The first kappa shape index (κ1) is 15.3. The van der Waals surface area contributed by atoms with Crippen molar-refractivity contribution in [2.24, 2.45) is 0 Å². The maximum absolute atomic E-state index is 14.2. The predicted octanol–water partition coefficient (Wildman–Crippen LogP) is 3.20. The Morgan fingerprint density at radius 3 is 2.84 bits per heavy atom. The molecule has 0 spiro atoms. The molecule has 0 bridgehead atoms. The van der Waals surface area contributed by atoms with Crippen LogP contribution in [0.1, 0.15) is 11.5 Å². The Morgan fingerprint density at radius 2 is 2.08 bits per heavy atom. The summed E-state index contributed by atoms with van der Waals surface area (Å²) in [6, 6.07) is 10.3. The molecule has 0 unspecified atom stereocenters. The fourth-order valence-electron chi connectivity index (χ4n) is 2.83. The molecule has 4 aromatic rings. The van der Waals surface area contributed by atoms with E-state index in [9.17, 15) is 4.39 Å². The van der Waals surface area contributed by atoms with Gasteiger partial charge in [0.1, 0.15) is 17.5 Å². The monoisotopic (exact) mass is 336 g/mol. The van der Waals surface area contributed by atoms with Crippen LogP contribution >= 0.6 is 0 Å². The molecule has 0 saturated heterocycles. The molecule has 0 fully saturated rings. The van der Waals surface area contributed by atoms with Crippen LogP contribution in [0.3, 0.4) is 0 Å². The van der Waals surface area contributed by atoms with Gasteiger partial charge in [-0.2, -0.15) is 9.61 Å². The summed E-state index contributed by atoms with van der Waals surface area (Å²) in [5.74, 6) is 1.36. The van der Waals surface area contributed by atoms with Gasteiger partial charge in [0.2, 0.25) is 0 Å². The second kappa shape index (κ2) is 6.01. The molecule has 0 atom stereocenters. The molecule has 126 valence electrons. The number of nitrogens with one attached hydrogen (secondary N) is 1. The van der Waals surface area contributed by atoms with E-state index in [1.165, 1.54) is 6.07 Å². The van der Waals surface area contributed by atoms with Crippen molar-refractivity contribution in [3.63, 3.8) is 0 Å². The Hall–Kier alpha value is -3.22. The summed E-state index contributed by atoms with van der Waals surface area (Å²) in [4.78, 5) is 14.1. The third kappa shape index (κ3) is 2.84. The van der Waals surface area contributed by atoms with Gasteiger partial charge in [0.05, 0.1) is 18.4 Å². The fraction of sp³-hybridized carbons (Fsp3) is 0.167. The van der Waals surface area contributed by atoms with Crippen molar-refractivity contribution in [3.8, 4) is 11.3 Å². The molecule has 1 aromatic carbocycles. The molecule has 6 nitrogen and oxygen atoms in total. The number of imidazole rings is 1. The smallest absolute Gasteiger partial charge is 0.157 e. The molecule has 0 amide bonds. The van der Waals surface area contributed by atoms with E-state index in [1.807, 2.05) is 24.9 Å². The molecule has 7 heteroatoms. The van der Waals surface area contributed by atoms with Crippen molar-refractivity contribution in [2.45, 2.75) is 13.5 Å².